The van der Waals surface area contributed by atoms with Crippen LogP contribution in [0.15, 0.2) is 82.6 Å². The Morgan fingerprint density at radius 2 is 1.68 bits per heavy atom. The molecule has 3 amide bonds. The number of amides is 3. The molecule has 1 fully saturated rings. The van der Waals surface area contributed by atoms with Crippen LogP contribution in [0.1, 0.15) is 33.6 Å². The van der Waals surface area contributed by atoms with E-state index in [0.717, 1.165) is 28.0 Å². The first-order valence-electron chi connectivity index (χ1n) is 13.6. The fourth-order valence-electron chi connectivity index (χ4n) is 5.43. The van der Waals surface area contributed by atoms with E-state index >= 15 is 0 Å². The highest BCUT2D eigenvalue weighted by Gasteiger charge is 2.57. The Morgan fingerprint density at radius 1 is 0.977 bits per heavy atom. The van der Waals surface area contributed by atoms with E-state index in [2.05, 4.69) is 5.32 Å². The van der Waals surface area contributed by atoms with Gasteiger partial charge in [-0.2, -0.15) is 0 Å². The van der Waals surface area contributed by atoms with Crippen molar-refractivity contribution < 1.29 is 33.4 Å². The summed E-state index contributed by atoms with van der Waals surface area (Å²) in [5, 5.41) is 12.9. The van der Waals surface area contributed by atoms with Crippen LogP contribution >= 0.6 is 23.1 Å². The zero-order valence-electron chi connectivity index (χ0n) is 23.1. The molecule has 0 radical (unpaired) electrons. The maximum atomic E-state index is 14.0. The molecule has 2 aliphatic heterocycles. The van der Waals surface area contributed by atoms with Crippen molar-refractivity contribution in [3.8, 4) is 5.75 Å². The summed E-state index contributed by atoms with van der Waals surface area (Å²) >= 11 is 1.88. The van der Waals surface area contributed by atoms with Gasteiger partial charge in [0.05, 0.1) is 28.8 Å². The summed E-state index contributed by atoms with van der Waals surface area (Å²) in [5.74, 6) is -4.50. The lowest BCUT2D eigenvalue weighted by Crippen LogP contribution is -2.33. The summed E-state index contributed by atoms with van der Waals surface area (Å²) in [6, 6.07) is 17.5. The lowest BCUT2D eigenvalue weighted by atomic mass is 9.82. The number of aromatic nitrogens is 1. The number of halogens is 1. The largest absolute Gasteiger partial charge is 0.508 e. The third-order valence-corrected chi connectivity index (χ3v) is 9.99. The number of ether oxygens (including phenoxy) is 1. The number of hydrogen-bond acceptors (Lipinski definition) is 9. The number of nitrogens with zero attached hydrogens (tertiary/aromatic N) is 2. The van der Waals surface area contributed by atoms with Gasteiger partial charge in [-0.3, -0.25) is 23.7 Å². The predicted octanol–water partition coefficient (Wildman–Crippen LogP) is 4.37. The van der Waals surface area contributed by atoms with Gasteiger partial charge in [0.1, 0.15) is 23.4 Å². The topological polar surface area (TPSA) is 135 Å². The first-order valence-corrected chi connectivity index (χ1v) is 15.3. The van der Waals surface area contributed by atoms with E-state index in [4.69, 9.17) is 4.74 Å². The SMILES string of the molecule is CCOC(=O)c1ccc(N2C(=O)C3Sc4c(sc(=O)n4CC(=O)Nc4ccc(F)cc4)[C@@H](c4ccccc4O)C3C2=O)cc1. The van der Waals surface area contributed by atoms with Crippen molar-refractivity contribution in [3.05, 3.63) is 104 Å². The van der Waals surface area contributed by atoms with Gasteiger partial charge in [-0.1, -0.05) is 41.3 Å². The molecule has 0 bridgehead atoms. The summed E-state index contributed by atoms with van der Waals surface area (Å²) in [4.78, 5) is 67.3. The van der Waals surface area contributed by atoms with Gasteiger partial charge >= 0.3 is 10.8 Å². The average Bonchev–Trinajstić information content (AvgIpc) is 3.45. The molecule has 2 aliphatic rings. The number of thiazole rings is 1. The van der Waals surface area contributed by atoms with Crippen LogP contribution in [-0.4, -0.2) is 45.2 Å². The Hall–Kier alpha value is -4.75. The van der Waals surface area contributed by atoms with Crippen LogP contribution in [0.5, 0.6) is 5.75 Å². The van der Waals surface area contributed by atoms with Crippen LogP contribution in [0.2, 0.25) is 0 Å². The monoisotopic (exact) mass is 633 g/mol. The van der Waals surface area contributed by atoms with E-state index in [9.17, 15) is 33.5 Å². The van der Waals surface area contributed by atoms with Crippen molar-refractivity contribution in [2.45, 2.75) is 29.7 Å². The number of hydrogen-bond donors (Lipinski definition) is 2. The summed E-state index contributed by atoms with van der Waals surface area (Å²) < 4.78 is 19.6. The minimum atomic E-state index is -0.968. The number of aromatic hydroxyl groups is 1. The van der Waals surface area contributed by atoms with Gasteiger partial charge in [0.15, 0.2) is 0 Å². The molecule has 2 N–H and O–H groups in total. The number of carbonyl (C=O) groups is 4. The Morgan fingerprint density at radius 3 is 2.36 bits per heavy atom. The minimum absolute atomic E-state index is 0.104. The van der Waals surface area contributed by atoms with E-state index in [1.54, 1.807) is 25.1 Å². The Balaban J connectivity index is 1.38. The van der Waals surface area contributed by atoms with E-state index in [1.165, 1.54) is 59.2 Å². The fraction of sp³-hybridized carbons (Fsp3) is 0.194. The molecule has 3 heterocycles. The Bertz CT molecular complexity index is 1850. The standard InChI is InChI=1S/C31H24FN3O7S2/c1-2-42-30(40)16-7-13-19(14-8-16)35-27(38)24-23(20-5-3-4-6-21(20)36)26-29(43-25(24)28(35)39)34(31(41)44-26)15-22(37)33-18-11-9-17(32)10-12-18/h3-14,23-25,36H,2,15H2,1H3,(H,33,37)/t23-,24?,25?/m0/s1. The number of fused-ring (bicyclic) bond motifs is 2. The summed E-state index contributed by atoms with van der Waals surface area (Å²) in [5.41, 5.74) is 1.24. The van der Waals surface area contributed by atoms with Gasteiger partial charge in [0, 0.05) is 22.0 Å². The summed E-state index contributed by atoms with van der Waals surface area (Å²) in [6.07, 6.45) is 0. The maximum absolute atomic E-state index is 14.0. The number of esters is 1. The highest BCUT2D eigenvalue weighted by Crippen LogP contribution is 2.55. The Kier molecular flexibility index (Phi) is 7.82. The van der Waals surface area contributed by atoms with Crippen LogP contribution in [-0.2, 0) is 25.7 Å². The molecule has 0 spiro atoms. The van der Waals surface area contributed by atoms with E-state index in [0.29, 0.717) is 21.2 Å². The highest BCUT2D eigenvalue weighted by atomic mass is 32.2. The molecule has 10 nitrogen and oxygen atoms in total. The second-order valence-corrected chi connectivity index (χ2v) is 12.2. The molecule has 2 unspecified atom stereocenters. The molecule has 44 heavy (non-hydrogen) atoms. The molecule has 3 atom stereocenters. The van der Waals surface area contributed by atoms with Gasteiger partial charge in [-0.05, 0) is 61.5 Å². The fourth-order valence-corrected chi connectivity index (χ4v) is 8.20. The molecule has 1 aromatic heterocycles. The molecule has 224 valence electrons. The van der Waals surface area contributed by atoms with E-state index in [-0.39, 0.29) is 30.2 Å². The molecule has 4 aromatic rings. The first kappa shape index (κ1) is 29.3. The van der Waals surface area contributed by atoms with Crippen molar-refractivity contribution >= 4 is 58.2 Å². The van der Waals surface area contributed by atoms with Crippen molar-refractivity contribution in [1.29, 1.82) is 0 Å². The number of nitrogens with one attached hydrogen (secondary N) is 1. The third-order valence-electron chi connectivity index (χ3n) is 7.39. The van der Waals surface area contributed by atoms with Crippen LogP contribution in [0.3, 0.4) is 0 Å². The van der Waals surface area contributed by atoms with Crippen LogP contribution < -0.4 is 15.1 Å². The zero-order valence-corrected chi connectivity index (χ0v) is 24.7. The van der Waals surface area contributed by atoms with Crippen molar-refractivity contribution in [3.63, 3.8) is 0 Å². The van der Waals surface area contributed by atoms with Gasteiger partial charge < -0.3 is 15.2 Å². The molecule has 0 aliphatic carbocycles. The number of phenolic OH excluding ortho intramolecular Hbond substituents is 1. The van der Waals surface area contributed by atoms with Crippen molar-refractivity contribution in [2.75, 3.05) is 16.8 Å². The lowest BCUT2D eigenvalue weighted by Gasteiger charge is -2.31. The molecule has 0 saturated carbocycles. The quantitative estimate of drug-likeness (QED) is 0.226. The van der Waals surface area contributed by atoms with Gasteiger partial charge in [0.2, 0.25) is 17.7 Å². The van der Waals surface area contributed by atoms with Crippen molar-refractivity contribution in [1.82, 2.24) is 4.57 Å². The second kappa shape index (κ2) is 11.7. The number of imide groups is 1. The van der Waals surface area contributed by atoms with Crippen molar-refractivity contribution in [2.24, 2.45) is 5.92 Å². The van der Waals surface area contributed by atoms with E-state index < -0.39 is 51.5 Å². The smallest absolute Gasteiger partial charge is 0.338 e. The van der Waals surface area contributed by atoms with Gasteiger partial charge in [-0.25, -0.2) is 14.1 Å². The number of para-hydroxylation sites is 1. The third kappa shape index (κ3) is 5.18. The summed E-state index contributed by atoms with van der Waals surface area (Å²) in [7, 11) is 0. The highest BCUT2D eigenvalue weighted by molar-refractivity contribution is 8.00. The number of phenols is 1. The Labute approximate surface area is 258 Å². The van der Waals surface area contributed by atoms with Gasteiger partial charge in [0.25, 0.3) is 0 Å². The predicted molar refractivity (Wildman–Crippen MR) is 162 cm³/mol. The van der Waals surface area contributed by atoms with E-state index in [1.807, 2.05) is 0 Å². The molecule has 6 rings (SSSR count). The van der Waals surface area contributed by atoms with Crippen LogP contribution in [0, 0.1) is 11.7 Å². The molecular weight excluding hydrogens is 609 g/mol. The number of anilines is 2. The molecule has 1 saturated heterocycles. The number of thioether (sulfide) groups is 1. The number of carbonyl (C=O) groups excluding carboxylic acids is 4. The van der Waals surface area contributed by atoms with Crippen LogP contribution in [0.25, 0.3) is 0 Å². The average molecular weight is 634 g/mol. The summed E-state index contributed by atoms with van der Waals surface area (Å²) in [6.45, 7) is 1.49. The zero-order chi connectivity index (χ0) is 31.1. The maximum Gasteiger partial charge on any atom is 0.338 e. The van der Waals surface area contributed by atoms with Gasteiger partial charge in [-0.15, -0.1) is 0 Å². The normalized spacial score (nSPS) is 19.0. The lowest BCUT2D eigenvalue weighted by molar-refractivity contribution is -0.122. The first-order chi connectivity index (χ1) is 21.2. The van der Waals surface area contributed by atoms with Crippen LogP contribution in [0.4, 0.5) is 15.8 Å². The second-order valence-electron chi connectivity index (χ2n) is 10.1. The molecule has 3 aromatic carbocycles. The molecule has 13 heteroatoms. The molecular formula is C31H24FN3O7S2. The number of rotatable bonds is 7. The minimum Gasteiger partial charge on any atom is -0.508 e. The number of benzene rings is 3.